The third kappa shape index (κ3) is 4.41. The maximum atomic E-state index is 12.1. The molecule has 0 saturated heterocycles. The van der Waals surface area contributed by atoms with E-state index in [9.17, 15) is 4.79 Å². The second-order valence-electron chi connectivity index (χ2n) is 6.48. The van der Waals surface area contributed by atoms with Gasteiger partial charge in [0.25, 0.3) is 0 Å². The summed E-state index contributed by atoms with van der Waals surface area (Å²) in [5.41, 5.74) is 7.22. The number of amides is 1. The van der Waals surface area contributed by atoms with Gasteiger partial charge in [-0.15, -0.1) is 0 Å². The highest BCUT2D eigenvalue weighted by atomic mass is 16.1. The van der Waals surface area contributed by atoms with Crippen molar-refractivity contribution in [2.45, 2.75) is 51.5 Å². The molecule has 0 unspecified atom stereocenters. The number of nitrogens with one attached hydrogen (secondary N) is 2. The molecule has 1 aromatic carbocycles. The minimum atomic E-state index is 0.0941. The molecular formula is C18H25N5O. The fourth-order valence-corrected chi connectivity index (χ4v) is 3.25. The van der Waals surface area contributed by atoms with E-state index in [0.29, 0.717) is 24.6 Å². The molecule has 1 fully saturated rings. The van der Waals surface area contributed by atoms with Crippen LogP contribution in [0.5, 0.6) is 0 Å². The van der Waals surface area contributed by atoms with E-state index < -0.39 is 0 Å². The van der Waals surface area contributed by atoms with Gasteiger partial charge in [-0.2, -0.15) is 5.10 Å². The van der Waals surface area contributed by atoms with Gasteiger partial charge in [0.15, 0.2) is 5.82 Å². The van der Waals surface area contributed by atoms with Gasteiger partial charge >= 0.3 is 0 Å². The number of benzene rings is 1. The van der Waals surface area contributed by atoms with Gasteiger partial charge in [0.1, 0.15) is 5.82 Å². The molecule has 1 aliphatic rings. The highest BCUT2D eigenvalue weighted by Crippen LogP contribution is 2.27. The van der Waals surface area contributed by atoms with Gasteiger partial charge < -0.3 is 11.1 Å². The Morgan fingerprint density at radius 2 is 1.96 bits per heavy atom. The molecule has 24 heavy (non-hydrogen) atoms. The van der Waals surface area contributed by atoms with Gasteiger partial charge in [-0.1, -0.05) is 32.1 Å². The van der Waals surface area contributed by atoms with E-state index >= 15 is 0 Å². The van der Waals surface area contributed by atoms with Crippen LogP contribution in [-0.4, -0.2) is 21.1 Å². The van der Waals surface area contributed by atoms with E-state index in [2.05, 4.69) is 20.5 Å². The zero-order valence-corrected chi connectivity index (χ0v) is 13.9. The third-order valence-electron chi connectivity index (χ3n) is 4.66. The standard InChI is InChI=1S/C18H25N5O/c19-12-16-21-18(23-22-16)14-7-9-15(10-8-14)20-17(24)11-6-13-4-2-1-3-5-13/h7-10,13H,1-6,11-12,19H2,(H,20,24)(H,21,22,23). The quantitative estimate of drug-likeness (QED) is 0.759. The van der Waals surface area contributed by atoms with Crippen molar-refractivity contribution < 1.29 is 4.79 Å². The van der Waals surface area contributed by atoms with Gasteiger partial charge in [0, 0.05) is 17.7 Å². The highest BCUT2D eigenvalue weighted by Gasteiger charge is 2.15. The first-order chi connectivity index (χ1) is 11.7. The van der Waals surface area contributed by atoms with E-state index in [-0.39, 0.29) is 5.91 Å². The van der Waals surface area contributed by atoms with Crippen molar-refractivity contribution in [1.82, 2.24) is 15.2 Å². The second-order valence-corrected chi connectivity index (χ2v) is 6.48. The van der Waals surface area contributed by atoms with Gasteiger partial charge in [-0.25, -0.2) is 4.98 Å². The van der Waals surface area contributed by atoms with Crippen LogP contribution in [0.4, 0.5) is 5.69 Å². The molecule has 0 radical (unpaired) electrons. The fraction of sp³-hybridized carbons (Fsp3) is 0.500. The number of aromatic amines is 1. The monoisotopic (exact) mass is 327 g/mol. The molecule has 3 rings (SSSR count). The average Bonchev–Trinajstić information content (AvgIpc) is 3.11. The number of hydrogen-bond donors (Lipinski definition) is 3. The lowest BCUT2D eigenvalue weighted by molar-refractivity contribution is -0.116. The molecule has 1 aromatic heterocycles. The van der Waals surface area contributed by atoms with Gasteiger partial charge in [0.05, 0.1) is 6.54 Å². The predicted molar refractivity (Wildman–Crippen MR) is 94.1 cm³/mol. The van der Waals surface area contributed by atoms with Gasteiger partial charge in [0.2, 0.25) is 5.91 Å². The van der Waals surface area contributed by atoms with Crippen molar-refractivity contribution in [1.29, 1.82) is 0 Å². The highest BCUT2D eigenvalue weighted by molar-refractivity contribution is 5.90. The van der Waals surface area contributed by atoms with Crippen molar-refractivity contribution in [2.24, 2.45) is 11.7 Å². The van der Waals surface area contributed by atoms with E-state index in [1.54, 1.807) is 0 Å². The van der Waals surface area contributed by atoms with Crippen molar-refractivity contribution >= 4 is 11.6 Å². The molecule has 1 saturated carbocycles. The number of H-pyrrole nitrogens is 1. The summed E-state index contributed by atoms with van der Waals surface area (Å²) >= 11 is 0. The Balaban J connectivity index is 1.50. The fourth-order valence-electron chi connectivity index (χ4n) is 3.25. The van der Waals surface area contributed by atoms with Gasteiger partial charge in [-0.05, 0) is 36.6 Å². The normalized spacial score (nSPS) is 15.4. The SMILES string of the molecule is NCc1nc(-c2ccc(NC(=O)CCC3CCCCC3)cc2)n[nH]1. The van der Waals surface area contributed by atoms with E-state index in [1.165, 1.54) is 32.1 Å². The molecule has 0 spiro atoms. The Bertz CT molecular complexity index is 658. The third-order valence-corrected chi connectivity index (χ3v) is 4.66. The number of carbonyl (C=O) groups excluding carboxylic acids is 1. The zero-order chi connectivity index (χ0) is 16.8. The molecule has 0 atom stereocenters. The number of hydrogen-bond acceptors (Lipinski definition) is 4. The zero-order valence-electron chi connectivity index (χ0n) is 13.9. The molecule has 0 bridgehead atoms. The Morgan fingerprint density at radius 1 is 1.21 bits per heavy atom. The van der Waals surface area contributed by atoms with Crippen LogP contribution in [0, 0.1) is 5.92 Å². The number of nitrogens with zero attached hydrogens (tertiary/aromatic N) is 2. The minimum absolute atomic E-state index is 0.0941. The van der Waals surface area contributed by atoms with Crippen LogP contribution in [0.3, 0.4) is 0 Å². The average molecular weight is 327 g/mol. The predicted octanol–water partition coefficient (Wildman–Crippen LogP) is 3.23. The molecule has 1 amide bonds. The molecule has 1 aliphatic carbocycles. The molecule has 4 N–H and O–H groups in total. The van der Waals surface area contributed by atoms with Crippen LogP contribution in [0.1, 0.15) is 50.8 Å². The van der Waals surface area contributed by atoms with Crippen LogP contribution < -0.4 is 11.1 Å². The van der Waals surface area contributed by atoms with Crippen LogP contribution in [-0.2, 0) is 11.3 Å². The number of anilines is 1. The summed E-state index contributed by atoms with van der Waals surface area (Å²) in [4.78, 5) is 16.4. The first-order valence-corrected chi connectivity index (χ1v) is 8.76. The lowest BCUT2D eigenvalue weighted by Crippen LogP contribution is -2.14. The first kappa shape index (κ1) is 16.6. The van der Waals surface area contributed by atoms with Crippen LogP contribution in [0.15, 0.2) is 24.3 Å². The van der Waals surface area contributed by atoms with E-state index in [1.807, 2.05) is 24.3 Å². The van der Waals surface area contributed by atoms with Crippen LogP contribution >= 0.6 is 0 Å². The number of carbonyl (C=O) groups is 1. The van der Waals surface area contributed by atoms with Crippen molar-refractivity contribution in [3.05, 3.63) is 30.1 Å². The summed E-state index contributed by atoms with van der Waals surface area (Å²) in [7, 11) is 0. The summed E-state index contributed by atoms with van der Waals surface area (Å²) in [6, 6.07) is 7.57. The second kappa shape index (κ2) is 8.06. The molecular weight excluding hydrogens is 302 g/mol. The maximum Gasteiger partial charge on any atom is 0.224 e. The maximum absolute atomic E-state index is 12.1. The Hall–Kier alpha value is -2.21. The minimum Gasteiger partial charge on any atom is -0.326 e. The van der Waals surface area contributed by atoms with E-state index in [4.69, 9.17) is 5.73 Å². The molecule has 128 valence electrons. The lowest BCUT2D eigenvalue weighted by atomic mass is 9.86. The van der Waals surface area contributed by atoms with Crippen molar-refractivity contribution in [2.75, 3.05) is 5.32 Å². The van der Waals surface area contributed by atoms with Crippen molar-refractivity contribution in [3.8, 4) is 11.4 Å². The number of nitrogens with two attached hydrogens (primary N) is 1. The number of rotatable bonds is 6. The molecule has 6 heteroatoms. The molecule has 1 heterocycles. The Kier molecular flexibility index (Phi) is 5.59. The number of aromatic nitrogens is 3. The van der Waals surface area contributed by atoms with Crippen LogP contribution in [0.2, 0.25) is 0 Å². The first-order valence-electron chi connectivity index (χ1n) is 8.76. The van der Waals surface area contributed by atoms with Gasteiger partial charge in [-0.3, -0.25) is 9.89 Å². The summed E-state index contributed by atoms with van der Waals surface area (Å²) in [6.07, 6.45) is 8.16. The smallest absolute Gasteiger partial charge is 0.224 e. The lowest BCUT2D eigenvalue weighted by Gasteiger charge is -2.20. The summed E-state index contributed by atoms with van der Waals surface area (Å²) in [5.74, 6) is 2.10. The Morgan fingerprint density at radius 3 is 2.62 bits per heavy atom. The molecule has 6 nitrogen and oxygen atoms in total. The largest absolute Gasteiger partial charge is 0.326 e. The summed E-state index contributed by atoms with van der Waals surface area (Å²) in [6.45, 7) is 0.335. The summed E-state index contributed by atoms with van der Waals surface area (Å²) < 4.78 is 0. The Labute approximate surface area is 142 Å². The van der Waals surface area contributed by atoms with E-state index in [0.717, 1.165) is 23.6 Å². The molecule has 2 aromatic rings. The molecule has 0 aliphatic heterocycles. The van der Waals surface area contributed by atoms with Crippen LogP contribution in [0.25, 0.3) is 11.4 Å². The summed E-state index contributed by atoms with van der Waals surface area (Å²) in [5, 5.41) is 9.89. The van der Waals surface area contributed by atoms with Crippen molar-refractivity contribution in [3.63, 3.8) is 0 Å². The topological polar surface area (TPSA) is 96.7 Å².